The maximum Gasteiger partial charge on any atom is 0.123 e. The van der Waals surface area contributed by atoms with Crippen LogP contribution >= 0.6 is 11.6 Å². The van der Waals surface area contributed by atoms with E-state index >= 15 is 0 Å². The summed E-state index contributed by atoms with van der Waals surface area (Å²) in [7, 11) is 1.69. The second-order valence-electron chi connectivity index (χ2n) is 5.54. The van der Waals surface area contributed by atoms with Crippen molar-refractivity contribution in [3.63, 3.8) is 0 Å². The fourth-order valence-electron chi connectivity index (χ4n) is 3.10. The molecule has 0 aliphatic carbocycles. The van der Waals surface area contributed by atoms with E-state index in [9.17, 15) is 0 Å². The molecule has 2 aromatic rings. The van der Waals surface area contributed by atoms with Gasteiger partial charge in [0.15, 0.2) is 0 Å². The van der Waals surface area contributed by atoms with Gasteiger partial charge in [0.05, 0.1) is 12.5 Å². The quantitative estimate of drug-likeness (QED) is 0.775. The first kappa shape index (κ1) is 14.3. The summed E-state index contributed by atoms with van der Waals surface area (Å²) in [5.41, 5.74) is 3.78. The van der Waals surface area contributed by atoms with Gasteiger partial charge in [-0.1, -0.05) is 36.4 Å². The Morgan fingerprint density at radius 2 is 1.90 bits per heavy atom. The zero-order chi connectivity index (χ0) is 14.8. The van der Waals surface area contributed by atoms with Crippen molar-refractivity contribution >= 4 is 17.3 Å². The van der Waals surface area contributed by atoms with Crippen molar-refractivity contribution in [2.75, 3.05) is 18.6 Å². The Labute approximate surface area is 131 Å². The summed E-state index contributed by atoms with van der Waals surface area (Å²) in [4.78, 5) is 2.40. The molecule has 0 spiro atoms. The predicted octanol–water partition coefficient (Wildman–Crippen LogP) is 4.43. The van der Waals surface area contributed by atoms with Crippen LogP contribution in [0.2, 0.25) is 0 Å². The minimum atomic E-state index is -0.0882. The highest BCUT2D eigenvalue weighted by atomic mass is 35.5. The van der Waals surface area contributed by atoms with Gasteiger partial charge in [0.1, 0.15) is 5.75 Å². The number of benzene rings is 2. The Bertz CT molecular complexity index is 628. The summed E-state index contributed by atoms with van der Waals surface area (Å²) in [5, 5.41) is -0.0882. The average Bonchev–Trinajstić information content (AvgIpc) is 2.83. The van der Waals surface area contributed by atoms with Crippen LogP contribution in [-0.4, -0.2) is 19.7 Å². The normalized spacial score (nSPS) is 18.4. The molecule has 3 rings (SSSR count). The van der Waals surface area contributed by atoms with Crippen LogP contribution in [0.25, 0.3) is 0 Å². The number of para-hydroxylation sites is 2. The Kier molecular flexibility index (Phi) is 4.07. The minimum absolute atomic E-state index is 0.0882. The van der Waals surface area contributed by atoms with E-state index in [0.29, 0.717) is 6.04 Å². The van der Waals surface area contributed by atoms with Crippen molar-refractivity contribution in [3.05, 3.63) is 59.7 Å². The fraction of sp³-hybridized carbons (Fsp3) is 0.333. The fourth-order valence-corrected chi connectivity index (χ4v) is 3.43. The number of methoxy groups -OCH3 is 1. The van der Waals surface area contributed by atoms with E-state index in [1.165, 1.54) is 11.3 Å². The molecule has 1 aliphatic heterocycles. The molecule has 0 fully saturated rings. The minimum Gasteiger partial charge on any atom is -0.496 e. The SMILES string of the molecule is COc1ccccc1C(Cl)CN1c2ccccc2CC1C. The van der Waals surface area contributed by atoms with Gasteiger partial charge in [0.2, 0.25) is 0 Å². The number of ether oxygens (including phenoxy) is 1. The molecule has 1 aliphatic rings. The molecule has 110 valence electrons. The van der Waals surface area contributed by atoms with Gasteiger partial charge in [-0.3, -0.25) is 0 Å². The van der Waals surface area contributed by atoms with Crippen molar-refractivity contribution in [3.8, 4) is 5.75 Å². The van der Waals surface area contributed by atoms with E-state index in [4.69, 9.17) is 16.3 Å². The van der Waals surface area contributed by atoms with Crippen LogP contribution in [0.3, 0.4) is 0 Å². The van der Waals surface area contributed by atoms with E-state index in [1.54, 1.807) is 7.11 Å². The van der Waals surface area contributed by atoms with E-state index < -0.39 is 0 Å². The summed E-state index contributed by atoms with van der Waals surface area (Å²) in [6.45, 7) is 3.05. The number of nitrogens with zero attached hydrogens (tertiary/aromatic N) is 1. The number of fused-ring (bicyclic) bond motifs is 1. The number of hydrogen-bond donors (Lipinski definition) is 0. The molecule has 3 heteroatoms. The maximum atomic E-state index is 6.68. The van der Waals surface area contributed by atoms with Crippen LogP contribution in [0.5, 0.6) is 5.75 Å². The molecule has 0 saturated heterocycles. The first-order chi connectivity index (χ1) is 10.2. The highest BCUT2D eigenvalue weighted by Crippen LogP contribution is 2.36. The lowest BCUT2D eigenvalue weighted by Crippen LogP contribution is -2.32. The summed E-state index contributed by atoms with van der Waals surface area (Å²) in [6.07, 6.45) is 1.09. The predicted molar refractivity (Wildman–Crippen MR) is 88.5 cm³/mol. The number of anilines is 1. The Balaban J connectivity index is 1.83. The van der Waals surface area contributed by atoms with Crippen LogP contribution in [0, 0.1) is 0 Å². The molecule has 2 aromatic carbocycles. The second-order valence-corrected chi connectivity index (χ2v) is 6.07. The largest absolute Gasteiger partial charge is 0.496 e. The van der Waals surface area contributed by atoms with Gasteiger partial charge in [0, 0.05) is 23.8 Å². The number of hydrogen-bond acceptors (Lipinski definition) is 2. The number of halogens is 1. The van der Waals surface area contributed by atoms with Gasteiger partial charge < -0.3 is 9.64 Å². The molecular weight excluding hydrogens is 282 g/mol. The summed E-state index contributed by atoms with van der Waals surface area (Å²) >= 11 is 6.68. The molecule has 0 amide bonds. The molecule has 0 radical (unpaired) electrons. The van der Waals surface area contributed by atoms with Gasteiger partial charge in [0.25, 0.3) is 0 Å². The Hall–Kier alpha value is -1.67. The smallest absolute Gasteiger partial charge is 0.123 e. The zero-order valence-electron chi connectivity index (χ0n) is 12.4. The molecule has 2 nitrogen and oxygen atoms in total. The second kappa shape index (κ2) is 5.98. The van der Waals surface area contributed by atoms with Gasteiger partial charge >= 0.3 is 0 Å². The molecule has 2 atom stereocenters. The van der Waals surface area contributed by atoms with Crippen LogP contribution in [-0.2, 0) is 6.42 Å². The molecule has 1 heterocycles. The van der Waals surface area contributed by atoms with Crippen molar-refractivity contribution in [1.82, 2.24) is 0 Å². The van der Waals surface area contributed by atoms with E-state index in [0.717, 1.165) is 24.3 Å². The van der Waals surface area contributed by atoms with Gasteiger partial charge in [-0.2, -0.15) is 0 Å². The van der Waals surface area contributed by atoms with Gasteiger partial charge in [-0.25, -0.2) is 0 Å². The van der Waals surface area contributed by atoms with Crippen LogP contribution in [0.1, 0.15) is 23.4 Å². The third-order valence-electron chi connectivity index (χ3n) is 4.18. The zero-order valence-corrected chi connectivity index (χ0v) is 13.2. The van der Waals surface area contributed by atoms with Gasteiger partial charge in [-0.15, -0.1) is 11.6 Å². The third kappa shape index (κ3) is 2.73. The van der Waals surface area contributed by atoms with Crippen molar-refractivity contribution < 1.29 is 4.74 Å². The van der Waals surface area contributed by atoms with Crippen molar-refractivity contribution in [2.24, 2.45) is 0 Å². The molecule has 0 bridgehead atoms. The molecular formula is C18H20ClNO. The van der Waals surface area contributed by atoms with E-state index in [-0.39, 0.29) is 5.38 Å². The lowest BCUT2D eigenvalue weighted by Gasteiger charge is -2.28. The van der Waals surface area contributed by atoms with Gasteiger partial charge in [-0.05, 0) is 31.0 Å². The van der Waals surface area contributed by atoms with Crippen LogP contribution in [0.4, 0.5) is 5.69 Å². The highest BCUT2D eigenvalue weighted by molar-refractivity contribution is 6.21. The topological polar surface area (TPSA) is 12.5 Å². The molecule has 2 unspecified atom stereocenters. The standard InChI is InChI=1S/C18H20ClNO/c1-13-11-14-7-3-5-9-17(14)20(13)12-16(19)15-8-4-6-10-18(15)21-2/h3-10,13,16H,11-12H2,1-2H3. The van der Waals surface area contributed by atoms with Crippen LogP contribution in [0.15, 0.2) is 48.5 Å². The van der Waals surface area contributed by atoms with E-state index in [2.05, 4.69) is 36.1 Å². The van der Waals surface area contributed by atoms with Crippen LogP contribution < -0.4 is 9.64 Å². The molecule has 21 heavy (non-hydrogen) atoms. The molecule has 0 N–H and O–H groups in total. The summed E-state index contributed by atoms with van der Waals surface area (Å²) in [5.74, 6) is 0.859. The highest BCUT2D eigenvalue weighted by Gasteiger charge is 2.28. The van der Waals surface area contributed by atoms with E-state index in [1.807, 2.05) is 24.3 Å². The number of alkyl halides is 1. The molecule has 0 aromatic heterocycles. The lowest BCUT2D eigenvalue weighted by atomic mass is 10.1. The Morgan fingerprint density at radius 3 is 2.71 bits per heavy atom. The monoisotopic (exact) mass is 301 g/mol. The summed E-state index contributed by atoms with van der Waals surface area (Å²) in [6, 6.07) is 17.1. The summed E-state index contributed by atoms with van der Waals surface area (Å²) < 4.78 is 5.42. The first-order valence-corrected chi connectivity index (χ1v) is 7.76. The third-order valence-corrected chi connectivity index (χ3v) is 4.55. The van der Waals surface area contributed by atoms with Crippen molar-refractivity contribution in [2.45, 2.75) is 24.8 Å². The lowest BCUT2D eigenvalue weighted by molar-refractivity contribution is 0.409. The average molecular weight is 302 g/mol. The molecule has 0 saturated carbocycles. The maximum absolute atomic E-state index is 6.68. The first-order valence-electron chi connectivity index (χ1n) is 7.32. The van der Waals surface area contributed by atoms with Crippen molar-refractivity contribution in [1.29, 1.82) is 0 Å². The number of rotatable bonds is 4. The Morgan fingerprint density at radius 1 is 1.19 bits per heavy atom.